The number of carbonyl (C=O) groups excluding carboxylic acids is 1. The van der Waals surface area contributed by atoms with E-state index in [0.29, 0.717) is 0 Å². The highest BCUT2D eigenvalue weighted by Gasteiger charge is 2.17. The molecule has 0 saturated carbocycles. The van der Waals surface area contributed by atoms with Gasteiger partial charge in [0.2, 0.25) is 0 Å². The van der Waals surface area contributed by atoms with Crippen molar-refractivity contribution >= 4 is 11.5 Å². The molecule has 2 rings (SSSR count). The first kappa shape index (κ1) is 11.1. The molecule has 1 heterocycles. The maximum Gasteiger partial charge on any atom is 0.179 e. The maximum atomic E-state index is 11.8. The monoisotopic (exact) mass is 218 g/mol. The molecular weight excluding hydrogens is 200 g/mol. The molecule has 0 amide bonds. The Balaban J connectivity index is 2.35. The van der Waals surface area contributed by atoms with Gasteiger partial charge in [-0.3, -0.25) is 4.79 Å². The minimum Gasteiger partial charge on any atom is -0.374 e. The predicted molar refractivity (Wildman–Crippen MR) is 66.0 cm³/mol. The number of fused-ring (bicyclic) bond motifs is 1. The third-order valence-electron chi connectivity index (χ3n) is 3.13. The second-order valence-electron chi connectivity index (χ2n) is 4.52. The molecule has 0 aromatic heterocycles. The van der Waals surface area contributed by atoms with Crippen LogP contribution in [-0.4, -0.2) is 25.4 Å². The Morgan fingerprint density at radius 3 is 2.94 bits per heavy atom. The van der Waals surface area contributed by atoms with Crippen LogP contribution in [0.15, 0.2) is 18.2 Å². The van der Waals surface area contributed by atoms with Crippen molar-refractivity contribution in [3.8, 4) is 0 Å². The fraction of sp³-hybridized carbons (Fsp3) is 0.462. The van der Waals surface area contributed by atoms with Gasteiger partial charge in [-0.05, 0) is 43.5 Å². The Labute approximate surface area is 96.2 Å². The normalized spacial score (nSPS) is 16.8. The van der Waals surface area contributed by atoms with Crippen molar-refractivity contribution < 1.29 is 4.79 Å². The molecule has 0 fully saturated rings. The average Bonchev–Trinajstić information content (AvgIpc) is 2.28. The van der Waals surface area contributed by atoms with Crippen molar-refractivity contribution in [2.45, 2.75) is 25.8 Å². The molecule has 1 aliphatic heterocycles. The predicted octanol–water partition coefficient (Wildman–Crippen LogP) is 1.60. The van der Waals surface area contributed by atoms with Crippen LogP contribution in [0, 0.1) is 0 Å². The molecule has 2 N–H and O–H groups in total. The van der Waals surface area contributed by atoms with Crippen molar-refractivity contribution in [2.24, 2.45) is 5.73 Å². The lowest BCUT2D eigenvalue weighted by Crippen LogP contribution is -2.28. The van der Waals surface area contributed by atoms with E-state index in [9.17, 15) is 4.79 Å². The second-order valence-corrected chi connectivity index (χ2v) is 4.52. The molecule has 1 aromatic rings. The van der Waals surface area contributed by atoms with Gasteiger partial charge in [0.25, 0.3) is 0 Å². The third-order valence-corrected chi connectivity index (χ3v) is 3.13. The summed E-state index contributed by atoms with van der Waals surface area (Å²) >= 11 is 0. The van der Waals surface area contributed by atoms with E-state index < -0.39 is 6.04 Å². The number of hydrogen-bond acceptors (Lipinski definition) is 3. The summed E-state index contributed by atoms with van der Waals surface area (Å²) in [5, 5.41) is 0. The number of rotatable bonds is 2. The number of benzene rings is 1. The highest BCUT2D eigenvalue weighted by atomic mass is 16.1. The summed E-state index contributed by atoms with van der Waals surface area (Å²) in [5.74, 6) is 0.0241. The molecule has 0 radical (unpaired) electrons. The van der Waals surface area contributed by atoms with Crippen LogP contribution >= 0.6 is 0 Å². The van der Waals surface area contributed by atoms with Gasteiger partial charge in [0.15, 0.2) is 5.78 Å². The molecule has 0 spiro atoms. The van der Waals surface area contributed by atoms with E-state index in [4.69, 9.17) is 5.73 Å². The molecule has 3 nitrogen and oxygen atoms in total. The van der Waals surface area contributed by atoms with Crippen LogP contribution in [0.2, 0.25) is 0 Å². The van der Waals surface area contributed by atoms with Crippen molar-refractivity contribution in [3.05, 3.63) is 29.3 Å². The largest absolute Gasteiger partial charge is 0.374 e. The molecule has 86 valence electrons. The topological polar surface area (TPSA) is 46.3 Å². The summed E-state index contributed by atoms with van der Waals surface area (Å²) in [4.78, 5) is 14.0. The van der Waals surface area contributed by atoms with E-state index in [0.717, 1.165) is 24.9 Å². The zero-order chi connectivity index (χ0) is 11.7. The molecule has 0 aliphatic carbocycles. The van der Waals surface area contributed by atoms with E-state index in [1.54, 1.807) is 6.92 Å². The van der Waals surface area contributed by atoms with Gasteiger partial charge in [0.05, 0.1) is 6.04 Å². The molecule has 1 unspecified atom stereocenters. The van der Waals surface area contributed by atoms with Crippen LogP contribution in [0.5, 0.6) is 0 Å². The minimum atomic E-state index is -0.417. The number of nitrogens with two attached hydrogens (primary N) is 1. The van der Waals surface area contributed by atoms with Gasteiger partial charge >= 0.3 is 0 Å². The van der Waals surface area contributed by atoms with Crippen LogP contribution < -0.4 is 10.6 Å². The summed E-state index contributed by atoms with van der Waals surface area (Å²) in [7, 11) is 2.09. The first-order valence-electron chi connectivity index (χ1n) is 5.73. The Bertz CT molecular complexity index is 412. The molecule has 0 bridgehead atoms. The maximum absolute atomic E-state index is 11.8. The van der Waals surface area contributed by atoms with E-state index in [1.165, 1.54) is 11.3 Å². The minimum absolute atomic E-state index is 0.0241. The molecule has 1 aliphatic rings. The van der Waals surface area contributed by atoms with E-state index in [-0.39, 0.29) is 5.78 Å². The molecule has 1 aromatic carbocycles. The second kappa shape index (κ2) is 4.26. The van der Waals surface area contributed by atoms with E-state index in [1.807, 2.05) is 18.2 Å². The Morgan fingerprint density at radius 2 is 2.25 bits per heavy atom. The van der Waals surface area contributed by atoms with Crippen LogP contribution in [0.3, 0.4) is 0 Å². The molecule has 16 heavy (non-hydrogen) atoms. The lowest BCUT2D eigenvalue weighted by atomic mass is 9.96. The van der Waals surface area contributed by atoms with Gasteiger partial charge in [-0.2, -0.15) is 0 Å². The third kappa shape index (κ3) is 1.95. The van der Waals surface area contributed by atoms with Gasteiger partial charge in [-0.1, -0.05) is 0 Å². The lowest BCUT2D eigenvalue weighted by molar-refractivity contribution is 0.0968. The average molecular weight is 218 g/mol. The number of ketones is 1. The number of Topliss-reactive ketones (excluding diaryl/α,β-unsaturated/α-hetero) is 1. The van der Waals surface area contributed by atoms with E-state index >= 15 is 0 Å². The summed E-state index contributed by atoms with van der Waals surface area (Å²) in [6.07, 6.45) is 2.21. The van der Waals surface area contributed by atoms with Gasteiger partial charge < -0.3 is 10.6 Å². The fourth-order valence-electron chi connectivity index (χ4n) is 2.20. The Morgan fingerprint density at radius 1 is 1.50 bits per heavy atom. The number of carbonyl (C=O) groups is 1. The first-order chi connectivity index (χ1) is 7.59. The standard InChI is InChI=1S/C13H18N2O/c1-9(14)13(16)11-5-6-12-10(8-11)4-3-7-15(12)2/h5-6,8-9H,3-4,7,14H2,1-2H3. The summed E-state index contributed by atoms with van der Waals surface area (Å²) in [5.41, 5.74) is 8.86. The SMILES string of the molecule is CC(N)C(=O)c1ccc2c(c1)CCCN2C. The van der Waals surface area contributed by atoms with Crippen molar-refractivity contribution in [1.29, 1.82) is 0 Å². The first-order valence-corrected chi connectivity index (χ1v) is 5.73. The molecule has 1 atom stereocenters. The highest BCUT2D eigenvalue weighted by Crippen LogP contribution is 2.27. The van der Waals surface area contributed by atoms with Gasteiger partial charge in [0.1, 0.15) is 0 Å². The number of nitrogens with zero attached hydrogens (tertiary/aromatic N) is 1. The molecule has 3 heteroatoms. The summed E-state index contributed by atoms with van der Waals surface area (Å²) in [6.45, 7) is 2.82. The summed E-state index contributed by atoms with van der Waals surface area (Å²) in [6, 6.07) is 5.49. The zero-order valence-electron chi connectivity index (χ0n) is 9.86. The van der Waals surface area contributed by atoms with Crippen molar-refractivity contribution in [3.63, 3.8) is 0 Å². The quantitative estimate of drug-likeness (QED) is 0.767. The van der Waals surface area contributed by atoms with Crippen LogP contribution in [0.25, 0.3) is 0 Å². The van der Waals surface area contributed by atoms with Gasteiger partial charge in [0, 0.05) is 24.8 Å². The Hall–Kier alpha value is -1.35. The van der Waals surface area contributed by atoms with Crippen molar-refractivity contribution in [2.75, 3.05) is 18.5 Å². The number of anilines is 1. The smallest absolute Gasteiger partial charge is 0.179 e. The van der Waals surface area contributed by atoms with E-state index in [2.05, 4.69) is 11.9 Å². The number of hydrogen-bond donors (Lipinski definition) is 1. The molecule has 0 saturated heterocycles. The van der Waals surface area contributed by atoms with Crippen LogP contribution in [0.1, 0.15) is 29.3 Å². The van der Waals surface area contributed by atoms with Gasteiger partial charge in [-0.25, -0.2) is 0 Å². The number of aryl methyl sites for hydroxylation is 1. The zero-order valence-corrected chi connectivity index (χ0v) is 9.86. The van der Waals surface area contributed by atoms with Gasteiger partial charge in [-0.15, -0.1) is 0 Å². The molecular formula is C13H18N2O. The van der Waals surface area contributed by atoms with Crippen LogP contribution in [-0.2, 0) is 6.42 Å². The highest BCUT2D eigenvalue weighted by molar-refractivity contribution is 6.00. The van der Waals surface area contributed by atoms with Crippen LogP contribution in [0.4, 0.5) is 5.69 Å². The summed E-state index contributed by atoms with van der Waals surface area (Å²) < 4.78 is 0. The Kier molecular flexibility index (Phi) is 2.97. The lowest BCUT2D eigenvalue weighted by Gasteiger charge is -2.27. The fourth-order valence-corrected chi connectivity index (χ4v) is 2.20. The van der Waals surface area contributed by atoms with Crippen molar-refractivity contribution in [1.82, 2.24) is 0 Å².